The van der Waals surface area contributed by atoms with Crippen molar-refractivity contribution in [1.29, 1.82) is 0 Å². The lowest BCUT2D eigenvalue weighted by molar-refractivity contribution is 0.194. The smallest absolute Gasteiger partial charge is 0.0931 e. The lowest BCUT2D eigenvalue weighted by Crippen LogP contribution is -2.03. The zero-order chi connectivity index (χ0) is 11.3. The first-order valence-corrected chi connectivity index (χ1v) is 5.99. The van der Waals surface area contributed by atoms with E-state index in [2.05, 4.69) is 4.98 Å². The topological polar surface area (TPSA) is 53.4 Å². The summed E-state index contributed by atoms with van der Waals surface area (Å²) in [6.07, 6.45) is 1.25. The van der Waals surface area contributed by atoms with Gasteiger partial charge in [0.25, 0.3) is 0 Å². The summed E-state index contributed by atoms with van der Waals surface area (Å²) in [7, 11) is 0. The van der Waals surface area contributed by atoms with Gasteiger partial charge in [0, 0.05) is 23.5 Å². The predicted octanol–water partition coefficient (Wildman–Crippen LogP) is 1.86. The molecular formula is C11H17NO2S. The van der Waals surface area contributed by atoms with Gasteiger partial charge in [-0.05, 0) is 25.0 Å². The summed E-state index contributed by atoms with van der Waals surface area (Å²) in [6.45, 7) is 3.92. The van der Waals surface area contributed by atoms with Gasteiger partial charge < -0.3 is 10.2 Å². The maximum atomic E-state index is 9.27. The Balaban J connectivity index is 2.50. The van der Waals surface area contributed by atoms with Gasteiger partial charge in [-0.3, -0.25) is 4.98 Å². The third-order valence-corrected chi connectivity index (χ3v) is 3.34. The van der Waals surface area contributed by atoms with Crippen molar-refractivity contribution in [2.24, 2.45) is 5.92 Å². The standard InChI is InChI=1S/C11H17NO2S/c1-8(6-13)7-15-10-3-4-11(9(2)14)12-5-10/h3-5,8-9,13-14H,6-7H2,1-2H3/t8?,9-/m0/s1. The van der Waals surface area contributed by atoms with Crippen LogP contribution in [0.25, 0.3) is 0 Å². The van der Waals surface area contributed by atoms with Gasteiger partial charge in [0.15, 0.2) is 0 Å². The molecule has 15 heavy (non-hydrogen) atoms. The number of aromatic nitrogens is 1. The molecule has 1 unspecified atom stereocenters. The Hall–Kier alpha value is -0.580. The van der Waals surface area contributed by atoms with Crippen LogP contribution in [0.5, 0.6) is 0 Å². The molecule has 0 aliphatic heterocycles. The quantitative estimate of drug-likeness (QED) is 0.754. The summed E-state index contributed by atoms with van der Waals surface area (Å²) in [5.74, 6) is 1.18. The second-order valence-electron chi connectivity index (χ2n) is 3.69. The summed E-state index contributed by atoms with van der Waals surface area (Å²) < 4.78 is 0. The average Bonchev–Trinajstić information content (AvgIpc) is 2.26. The minimum absolute atomic E-state index is 0.214. The van der Waals surface area contributed by atoms with Crippen LogP contribution in [0.15, 0.2) is 23.2 Å². The fraction of sp³-hybridized carbons (Fsp3) is 0.545. The maximum Gasteiger partial charge on any atom is 0.0931 e. The van der Waals surface area contributed by atoms with Crippen LogP contribution < -0.4 is 0 Å². The number of hydrogen-bond donors (Lipinski definition) is 2. The van der Waals surface area contributed by atoms with Crippen molar-refractivity contribution < 1.29 is 10.2 Å². The molecule has 1 aromatic rings. The van der Waals surface area contributed by atoms with Gasteiger partial charge >= 0.3 is 0 Å². The molecule has 0 spiro atoms. The van der Waals surface area contributed by atoms with Gasteiger partial charge in [-0.15, -0.1) is 11.8 Å². The van der Waals surface area contributed by atoms with Gasteiger partial charge in [-0.25, -0.2) is 0 Å². The molecule has 0 bridgehead atoms. The van der Waals surface area contributed by atoms with Gasteiger partial charge in [0.2, 0.25) is 0 Å². The molecule has 0 fully saturated rings. The van der Waals surface area contributed by atoms with Crippen LogP contribution in [0.1, 0.15) is 25.6 Å². The Morgan fingerprint density at radius 3 is 2.60 bits per heavy atom. The van der Waals surface area contributed by atoms with Crippen LogP contribution in [0, 0.1) is 5.92 Å². The van der Waals surface area contributed by atoms with E-state index >= 15 is 0 Å². The molecule has 0 aromatic carbocycles. The van der Waals surface area contributed by atoms with Gasteiger partial charge in [-0.1, -0.05) is 6.92 Å². The highest BCUT2D eigenvalue weighted by atomic mass is 32.2. The van der Waals surface area contributed by atoms with Crippen molar-refractivity contribution in [3.8, 4) is 0 Å². The monoisotopic (exact) mass is 227 g/mol. The molecule has 2 N–H and O–H groups in total. The van der Waals surface area contributed by atoms with Crippen LogP contribution >= 0.6 is 11.8 Å². The molecule has 84 valence electrons. The molecule has 3 nitrogen and oxygen atoms in total. The molecule has 0 aliphatic rings. The van der Waals surface area contributed by atoms with Crippen molar-refractivity contribution in [3.05, 3.63) is 24.0 Å². The number of aliphatic hydroxyl groups is 2. The summed E-state index contributed by atoms with van der Waals surface area (Å²) in [4.78, 5) is 5.22. The Morgan fingerprint density at radius 2 is 2.13 bits per heavy atom. The zero-order valence-electron chi connectivity index (χ0n) is 9.05. The zero-order valence-corrected chi connectivity index (χ0v) is 9.87. The lowest BCUT2D eigenvalue weighted by atomic mass is 10.2. The van der Waals surface area contributed by atoms with Crippen molar-refractivity contribution >= 4 is 11.8 Å². The first-order chi connectivity index (χ1) is 7.13. The number of thioether (sulfide) groups is 1. The van der Waals surface area contributed by atoms with Crippen LogP contribution in [0.3, 0.4) is 0 Å². The summed E-state index contributed by atoms with van der Waals surface area (Å²) in [5, 5.41) is 18.1. The third-order valence-electron chi connectivity index (χ3n) is 2.03. The number of pyridine rings is 1. The molecule has 1 rings (SSSR count). The molecule has 1 aromatic heterocycles. The Kier molecular flexibility index (Phi) is 5.08. The summed E-state index contributed by atoms with van der Waals surface area (Å²) in [6, 6.07) is 3.78. The first kappa shape index (κ1) is 12.5. The Labute approximate surface area is 94.6 Å². The van der Waals surface area contributed by atoms with Crippen molar-refractivity contribution in [2.75, 3.05) is 12.4 Å². The van der Waals surface area contributed by atoms with Crippen molar-refractivity contribution in [2.45, 2.75) is 24.8 Å². The highest BCUT2D eigenvalue weighted by Crippen LogP contribution is 2.21. The number of rotatable bonds is 5. The second kappa shape index (κ2) is 6.10. The fourth-order valence-corrected chi connectivity index (χ4v) is 1.89. The van der Waals surface area contributed by atoms with E-state index in [1.807, 2.05) is 19.1 Å². The fourth-order valence-electron chi connectivity index (χ4n) is 1.02. The minimum atomic E-state index is -0.514. The van der Waals surface area contributed by atoms with Crippen LogP contribution in [-0.2, 0) is 0 Å². The number of nitrogens with zero attached hydrogens (tertiary/aromatic N) is 1. The van der Waals surface area contributed by atoms with Gasteiger partial charge in [0.05, 0.1) is 11.8 Å². The number of hydrogen-bond acceptors (Lipinski definition) is 4. The van der Waals surface area contributed by atoms with E-state index in [9.17, 15) is 5.11 Å². The van der Waals surface area contributed by atoms with Crippen LogP contribution in [0.4, 0.5) is 0 Å². The maximum absolute atomic E-state index is 9.27. The molecule has 0 aliphatic carbocycles. The first-order valence-electron chi connectivity index (χ1n) is 5.01. The third kappa shape index (κ3) is 4.20. The molecule has 1 heterocycles. The Bertz CT molecular complexity index is 287. The summed E-state index contributed by atoms with van der Waals surface area (Å²) >= 11 is 1.67. The van der Waals surface area contributed by atoms with E-state index in [-0.39, 0.29) is 6.61 Å². The average molecular weight is 227 g/mol. The van der Waals surface area contributed by atoms with E-state index in [1.54, 1.807) is 24.9 Å². The highest BCUT2D eigenvalue weighted by molar-refractivity contribution is 7.99. The summed E-state index contributed by atoms with van der Waals surface area (Å²) in [5.41, 5.74) is 0.689. The van der Waals surface area contributed by atoms with Crippen LogP contribution in [0.2, 0.25) is 0 Å². The molecular weight excluding hydrogens is 210 g/mol. The predicted molar refractivity (Wildman–Crippen MR) is 61.8 cm³/mol. The van der Waals surface area contributed by atoms with E-state index < -0.39 is 6.10 Å². The highest BCUT2D eigenvalue weighted by Gasteiger charge is 2.04. The van der Waals surface area contributed by atoms with E-state index in [0.29, 0.717) is 11.6 Å². The molecule has 2 atom stereocenters. The number of aliphatic hydroxyl groups excluding tert-OH is 2. The Morgan fingerprint density at radius 1 is 1.40 bits per heavy atom. The minimum Gasteiger partial charge on any atom is -0.396 e. The largest absolute Gasteiger partial charge is 0.396 e. The van der Waals surface area contributed by atoms with Crippen LogP contribution in [-0.4, -0.2) is 27.6 Å². The molecule has 0 radical (unpaired) electrons. The van der Waals surface area contributed by atoms with E-state index in [4.69, 9.17) is 5.11 Å². The second-order valence-corrected chi connectivity index (χ2v) is 4.79. The molecule has 0 saturated heterocycles. The normalized spacial score (nSPS) is 14.9. The van der Waals surface area contributed by atoms with Crippen molar-refractivity contribution in [3.63, 3.8) is 0 Å². The molecule has 4 heteroatoms. The van der Waals surface area contributed by atoms with Crippen molar-refractivity contribution in [1.82, 2.24) is 4.98 Å². The van der Waals surface area contributed by atoms with Gasteiger partial charge in [0.1, 0.15) is 0 Å². The lowest BCUT2D eigenvalue weighted by Gasteiger charge is -2.08. The SMILES string of the molecule is CC(CO)CSc1ccc([C@H](C)O)nc1. The van der Waals surface area contributed by atoms with Gasteiger partial charge in [-0.2, -0.15) is 0 Å². The molecule has 0 amide bonds. The van der Waals surface area contributed by atoms with E-state index in [0.717, 1.165) is 10.6 Å². The molecule has 0 saturated carbocycles. The van der Waals surface area contributed by atoms with E-state index in [1.165, 1.54) is 0 Å².